The fourth-order valence-electron chi connectivity index (χ4n) is 2.05. The standard InChI is InChI=1S/C16H16O7/c1-20-14(18)11-6-4-3-5-10(11)9-12(15(19)21-2)13(17)16-22-7-8-23-16/h3-6,9,16H,7-8H2,1-2H3. The lowest BCUT2D eigenvalue weighted by molar-refractivity contribution is -0.146. The lowest BCUT2D eigenvalue weighted by atomic mass is 10.0. The molecule has 1 saturated heterocycles. The van der Waals surface area contributed by atoms with E-state index in [-0.39, 0.29) is 24.4 Å². The lowest BCUT2D eigenvalue weighted by Gasteiger charge is -2.11. The maximum atomic E-state index is 12.4. The minimum absolute atomic E-state index is 0.220. The van der Waals surface area contributed by atoms with Crippen LogP contribution in [0.25, 0.3) is 6.08 Å². The van der Waals surface area contributed by atoms with Crippen molar-refractivity contribution in [3.63, 3.8) is 0 Å². The normalized spacial score (nSPS) is 15.3. The Bertz CT molecular complexity index is 642. The highest BCUT2D eigenvalue weighted by Gasteiger charge is 2.31. The van der Waals surface area contributed by atoms with Crippen LogP contribution in [-0.4, -0.2) is 51.4 Å². The van der Waals surface area contributed by atoms with Gasteiger partial charge in [-0.1, -0.05) is 18.2 Å². The molecule has 1 heterocycles. The molecule has 0 aliphatic carbocycles. The van der Waals surface area contributed by atoms with Crippen molar-refractivity contribution < 1.29 is 33.3 Å². The smallest absolute Gasteiger partial charge is 0.341 e. The summed E-state index contributed by atoms with van der Waals surface area (Å²) >= 11 is 0. The molecule has 0 aromatic heterocycles. The zero-order valence-corrected chi connectivity index (χ0v) is 12.7. The molecule has 0 radical (unpaired) electrons. The van der Waals surface area contributed by atoms with E-state index in [1.165, 1.54) is 19.3 Å². The van der Waals surface area contributed by atoms with Crippen molar-refractivity contribution in [1.29, 1.82) is 0 Å². The molecule has 122 valence electrons. The van der Waals surface area contributed by atoms with E-state index < -0.39 is 24.0 Å². The molecule has 1 aliphatic heterocycles. The van der Waals surface area contributed by atoms with Gasteiger partial charge in [0.1, 0.15) is 5.57 Å². The molecule has 1 fully saturated rings. The minimum atomic E-state index is -1.15. The highest BCUT2D eigenvalue weighted by Crippen LogP contribution is 2.18. The van der Waals surface area contributed by atoms with E-state index in [0.717, 1.165) is 7.11 Å². The molecule has 1 aromatic rings. The molecule has 1 aliphatic rings. The van der Waals surface area contributed by atoms with Crippen molar-refractivity contribution in [2.24, 2.45) is 0 Å². The van der Waals surface area contributed by atoms with Crippen LogP contribution in [0.4, 0.5) is 0 Å². The summed E-state index contributed by atoms with van der Waals surface area (Å²) in [6.07, 6.45) is 0.122. The number of carbonyl (C=O) groups is 3. The Balaban J connectivity index is 2.43. The summed E-state index contributed by atoms with van der Waals surface area (Å²) in [5.74, 6) is -2.08. The minimum Gasteiger partial charge on any atom is -0.465 e. The lowest BCUT2D eigenvalue weighted by Crippen LogP contribution is -2.27. The average molecular weight is 320 g/mol. The highest BCUT2D eigenvalue weighted by molar-refractivity contribution is 6.22. The van der Waals surface area contributed by atoms with Gasteiger partial charge in [0.25, 0.3) is 0 Å². The summed E-state index contributed by atoms with van der Waals surface area (Å²) in [5, 5.41) is 0. The first-order valence-corrected chi connectivity index (χ1v) is 6.83. The number of esters is 2. The van der Waals surface area contributed by atoms with E-state index in [9.17, 15) is 14.4 Å². The van der Waals surface area contributed by atoms with E-state index in [1.807, 2.05) is 0 Å². The van der Waals surface area contributed by atoms with Crippen LogP contribution in [0.3, 0.4) is 0 Å². The van der Waals surface area contributed by atoms with Gasteiger partial charge >= 0.3 is 11.9 Å². The van der Waals surface area contributed by atoms with Gasteiger partial charge in [-0.25, -0.2) is 9.59 Å². The van der Waals surface area contributed by atoms with Crippen molar-refractivity contribution in [3.8, 4) is 0 Å². The van der Waals surface area contributed by atoms with Gasteiger partial charge in [0, 0.05) is 0 Å². The second kappa shape index (κ2) is 7.66. The average Bonchev–Trinajstić information content (AvgIpc) is 3.12. The SMILES string of the molecule is COC(=O)C(=Cc1ccccc1C(=O)OC)C(=O)C1OCCO1. The van der Waals surface area contributed by atoms with Gasteiger partial charge in [0.15, 0.2) is 0 Å². The zero-order chi connectivity index (χ0) is 16.8. The van der Waals surface area contributed by atoms with Crippen molar-refractivity contribution in [2.75, 3.05) is 27.4 Å². The first-order chi connectivity index (χ1) is 11.1. The molecule has 0 saturated carbocycles. The van der Waals surface area contributed by atoms with E-state index in [2.05, 4.69) is 9.47 Å². The fourth-order valence-corrected chi connectivity index (χ4v) is 2.05. The maximum Gasteiger partial charge on any atom is 0.341 e. The number of hydrogen-bond acceptors (Lipinski definition) is 7. The van der Waals surface area contributed by atoms with Crippen molar-refractivity contribution in [1.82, 2.24) is 0 Å². The van der Waals surface area contributed by atoms with Gasteiger partial charge in [0.05, 0.1) is 33.0 Å². The molecule has 7 nitrogen and oxygen atoms in total. The number of benzene rings is 1. The van der Waals surface area contributed by atoms with Crippen LogP contribution in [0, 0.1) is 0 Å². The van der Waals surface area contributed by atoms with Crippen LogP contribution >= 0.6 is 0 Å². The molecular weight excluding hydrogens is 304 g/mol. The topological polar surface area (TPSA) is 88.1 Å². The number of methoxy groups -OCH3 is 2. The second-order valence-electron chi connectivity index (χ2n) is 4.57. The Morgan fingerprint density at radius 2 is 1.74 bits per heavy atom. The molecule has 0 atom stereocenters. The van der Waals surface area contributed by atoms with Crippen LogP contribution in [0.5, 0.6) is 0 Å². The quantitative estimate of drug-likeness (QED) is 0.346. The molecule has 1 aromatic carbocycles. The van der Waals surface area contributed by atoms with E-state index in [1.54, 1.807) is 18.2 Å². The van der Waals surface area contributed by atoms with Crippen LogP contribution in [0.15, 0.2) is 29.8 Å². The Hall–Kier alpha value is -2.51. The molecule has 7 heteroatoms. The van der Waals surface area contributed by atoms with Crippen LogP contribution in [0.2, 0.25) is 0 Å². The Labute approximate surface area is 132 Å². The van der Waals surface area contributed by atoms with Gasteiger partial charge in [-0.2, -0.15) is 0 Å². The molecule has 0 bridgehead atoms. The third-order valence-corrected chi connectivity index (χ3v) is 3.17. The van der Waals surface area contributed by atoms with Gasteiger partial charge in [-0.05, 0) is 17.7 Å². The number of rotatable bonds is 5. The number of ketones is 1. The third-order valence-electron chi connectivity index (χ3n) is 3.17. The zero-order valence-electron chi connectivity index (χ0n) is 12.7. The first kappa shape index (κ1) is 16.9. The molecule has 0 spiro atoms. The van der Waals surface area contributed by atoms with E-state index in [4.69, 9.17) is 9.47 Å². The van der Waals surface area contributed by atoms with Gasteiger partial charge in [-0.3, -0.25) is 4.79 Å². The second-order valence-corrected chi connectivity index (χ2v) is 4.57. The van der Waals surface area contributed by atoms with Crippen LogP contribution in [-0.2, 0) is 28.5 Å². The summed E-state index contributed by atoms with van der Waals surface area (Å²) < 4.78 is 19.6. The molecule has 0 unspecified atom stereocenters. The van der Waals surface area contributed by atoms with Gasteiger partial charge in [0.2, 0.25) is 12.1 Å². The monoisotopic (exact) mass is 320 g/mol. The summed E-state index contributed by atoms with van der Waals surface area (Å²) in [5.41, 5.74) is 0.305. The van der Waals surface area contributed by atoms with Gasteiger partial charge in [-0.15, -0.1) is 0 Å². The van der Waals surface area contributed by atoms with Crippen molar-refractivity contribution >= 4 is 23.8 Å². The van der Waals surface area contributed by atoms with E-state index >= 15 is 0 Å². The number of ether oxygens (including phenoxy) is 4. The Kier molecular flexibility index (Phi) is 5.61. The molecule has 0 N–H and O–H groups in total. The predicted molar refractivity (Wildman–Crippen MR) is 78.5 cm³/mol. The third kappa shape index (κ3) is 3.82. The fraction of sp³-hybridized carbons (Fsp3) is 0.312. The molecular formula is C16H16O7. The van der Waals surface area contributed by atoms with Crippen molar-refractivity contribution in [2.45, 2.75) is 6.29 Å². The largest absolute Gasteiger partial charge is 0.465 e. The number of carbonyl (C=O) groups excluding carboxylic acids is 3. The summed E-state index contributed by atoms with van der Waals surface area (Å²) in [4.78, 5) is 36.1. The first-order valence-electron chi connectivity index (χ1n) is 6.83. The number of Topliss-reactive ketones (excluding diaryl/α,β-unsaturated/α-hetero) is 1. The summed E-state index contributed by atoms with van der Waals surface area (Å²) in [6.45, 7) is 0.535. The summed E-state index contributed by atoms with van der Waals surface area (Å²) in [7, 11) is 2.40. The predicted octanol–water partition coefficient (Wildman–Crippen LogP) is 0.972. The Morgan fingerprint density at radius 3 is 2.35 bits per heavy atom. The number of hydrogen-bond donors (Lipinski definition) is 0. The highest BCUT2D eigenvalue weighted by atomic mass is 16.7. The van der Waals surface area contributed by atoms with E-state index in [0.29, 0.717) is 5.56 Å². The van der Waals surface area contributed by atoms with Crippen LogP contribution < -0.4 is 0 Å². The summed E-state index contributed by atoms with van der Waals surface area (Å²) in [6, 6.07) is 6.42. The van der Waals surface area contributed by atoms with Gasteiger partial charge < -0.3 is 18.9 Å². The molecule has 0 amide bonds. The Morgan fingerprint density at radius 1 is 1.09 bits per heavy atom. The molecule has 2 rings (SSSR count). The van der Waals surface area contributed by atoms with Crippen molar-refractivity contribution in [3.05, 3.63) is 41.0 Å². The van der Waals surface area contributed by atoms with Crippen LogP contribution in [0.1, 0.15) is 15.9 Å². The maximum absolute atomic E-state index is 12.4. The molecule has 23 heavy (non-hydrogen) atoms.